The Labute approximate surface area is 119 Å². The molecule has 0 saturated heterocycles. The third kappa shape index (κ3) is 5.09. The van der Waals surface area contributed by atoms with E-state index in [-0.39, 0.29) is 18.3 Å². The molecule has 1 aromatic rings. The molecule has 0 aliphatic carbocycles. The summed E-state index contributed by atoms with van der Waals surface area (Å²) >= 11 is 1.18. The first-order valence-electron chi connectivity index (χ1n) is 6.31. The van der Waals surface area contributed by atoms with Crippen LogP contribution in [0.1, 0.15) is 48.2 Å². The van der Waals surface area contributed by atoms with Gasteiger partial charge in [-0.3, -0.25) is 4.79 Å². The van der Waals surface area contributed by atoms with E-state index in [0.717, 1.165) is 4.90 Å². The van der Waals surface area contributed by atoms with Crippen LogP contribution in [0.25, 0.3) is 0 Å². The molecular weight excluding hydrogens is 291 g/mol. The van der Waals surface area contributed by atoms with E-state index in [1.54, 1.807) is 6.92 Å². The molecule has 1 heterocycles. The number of nitrogens with zero attached hydrogens (tertiary/aromatic N) is 2. The van der Waals surface area contributed by atoms with Gasteiger partial charge in [-0.25, -0.2) is 4.98 Å². The number of thiazole rings is 1. The molecule has 0 saturated carbocycles. The average molecular weight is 309 g/mol. The number of amides is 1. The van der Waals surface area contributed by atoms with E-state index < -0.39 is 18.6 Å². The van der Waals surface area contributed by atoms with Gasteiger partial charge in [0.15, 0.2) is 0 Å². The molecule has 0 aromatic carbocycles. The van der Waals surface area contributed by atoms with Crippen molar-refractivity contribution in [3.05, 3.63) is 16.1 Å². The molecule has 4 nitrogen and oxygen atoms in total. The number of aromatic nitrogens is 1. The number of rotatable bonds is 6. The van der Waals surface area contributed by atoms with Crippen LogP contribution in [0.4, 0.5) is 13.2 Å². The second-order valence-corrected chi connectivity index (χ2v) is 5.44. The van der Waals surface area contributed by atoms with Crippen LogP contribution in [0.5, 0.6) is 0 Å². The van der Waals surface area contributed by atoms with Crippen molar-refractivity contribution in [1.29, 1.82) is 0 Å². The summed E-state index contributed by atoms with van der Waals surface area (Å²) in [5.74, 6) is -0.695. The zero-order chi connectivity index (χ0) is 15.3. The molecule has 0 spiro atoms. The molecule has 2 N–H and O–H groups in total. The van der Waals surface area contributed by atoms with Crippen molar-refractivity contribution < 1.29 is 18.0 Å². The maximum absolute atomic E-state index is 12.5. The minimum absolute atomic E-state index is 0.0302. The van der Waals surface area contributed by atoms with Gasteiger partial charge < -0.3 is 10.6 Å². The van der Waals surface area contributed by atoms with Crippen molar-refractivity contribution in [2.75, 3.05) is 13.1 Å². The van der Waals surface area contributed by atoms with Crippen LogP contribution >= 0.6 is 11.3 Å². The number of hydrogen-bond donors (Lipinski definition) is 1. The summed E-state index contributed by atoms with van der Waals surface area (Å²) in [6, 6.07) is -0.340. The Morgan fingerprint density at radius 2 is 2.20 bits per heavy atom. The zero-order valence-electron chi connectivity index (χ0n) is 11.4. The molecule has 114 valence electrons. The number of alkyl halides is 3. The zero-order valence-corrected chi connectivity index (χ0v) is 12.2. The van der Waals surface area contributed by atoms with Crippen molar-refractivity contribution >= 4 is 17.2 Å². The highest BCUT2D eigenvalue weighted by atomic mass is 32.1. The minimum atomic E-state index is -4.41. The molecule has 1 amide bonds. The molecule has 20 heavy (non-hydrogen) atoms. The third-order valence-electron chi connectivity index (χ3n) is 2.57. The molecule has 1 aromatic heterocycles. The van der Waals surface area contributed by atoms with Crippen LogP contribution in [0.15, 0.2) is 5.38 Å². The van der Waals surface area contributed by atoms with E-state index in [1.807, 2.05) is 6.92 Å². The van der Waals surface area contributed by atoms with Crippen molar-refractivity contribution in [2.24, 2.45) is 5.73 Å². The van der Waals surface area contributed by atoms with Crippen LogP contribution in [-0.4, -0.2) is 35.1 Å². The maximum atomic E-state index is 12.5. The molecule has 0 aliphatic heterocycles. The fourth-order valence-electron chi connectivity index (χ4n) is 1.57. The highest BCUT2D eigenvalue weighted by molar-refractivity contribution is 7.09. The Bertz CT molecular complexity index is 445. The minimum Gasteiger partial charge on any atom is -0.328 e. The Morgan fingerprint density at radius 3 is 2.65 bits per heavy atom. The van der Waals surface area contributed by atoms with E-state index in [2.05, 4.69) is 4.98 Å². The van der Waals surface area contributed by atoms with Gasteiger partial charge in [-0.15, -0.1) is 11.3 Å². The smallest absolute Gasteiger partial charge is 0.328 e. The van der Waals surface area contributed by atoms with Crippen molar-refractivity contribution in [3.8, 4) is 0 Å². The largest absolute Gasteiger partial charge is 0.406 e. The van der Waals surface area contributed by atoms with Crippen LogP contribution < -0.4 is 5.73 Å². The molecule has 0 bridgehead atoms. The van der Waals surface area contributed by atoms with Gasteiger partial charge in [0.05, 0.1) is 6.04 Å². The molecule has 0 radical (unpaired) electrons. The van der Waals surface area contributed by atoms with Crippen LogP contribution in [0.3, 0.4) is 0 Å². The summed E-state index contributed by atoms with van der Waals surface area (Å²) in [6.45, 7) is 2.38. The third-order valence-corrected chi connectivity index (χ3v) is 3.62. The normalized spacial score (nSPS) is 13.3. The summed E-state index contributed by atoms with van der Waals surface area (Å²) in [5.41, 5.74) is 5.66. The maximum Gasteiger partial charge on any atom is 0.406 e. The van der Waals surface area contributed by atoms with Crippen molar-refractivity contribution in [2.45, 2.75) is 38.9 Å². The predicted octanol–water partition coefficient (Wildman–Crippen LogP) is 2.97. The van der Waals surface area contributed by atoms with E-state index in [4.69, 9.17) is 5.73 Å². The lowest BCUT2D eigenvalue weighted by Crippen LogP contribution is -2.39. The second-order valence-electron chi connectivity index (χ2n) is 4.56. The van der Waals surface area contributed by atoms with Gasteiger partial charge >= 0.3 is 6.18 Å². The van der Waals surface area contributed by atoms with Gasteiger partial charge in [-0.2, -0.15) is 13.2 Å². The van der Waals surface area contributed by atoms with E-state index in [9.17, 15) is 18.0 Å². The van der Waals surface area contributed by atoms with E-state index >= 15 is 0 Å². The van der Waals surface area contributed by atoms with Gasteiger partial charge in [-0.1, -0.05) is 13.3 Å². The highest BCUT2D eigenvalue weighted by Gasteiger charge is 2.33. The SMILES string of the molecule is CCCCN(CC(F)(F)F)C(=O)c1csc(C(C)N)n1. The molecular formula is C12H18F3N3OS. The lowest BCUT2D eigenvalue weighted by Gasteiger charge is -2.22. The summed E-state index contributed by atoms with van der Waals surface area (Å²) < 4.78 is 37.5. The molecule has 1 rings (SSSR count). The topological polar surface area (TPSA) is 59.2 Å². The summed E-state index contributed by atoms with van der Waals surface area (Å²) in [4.78, 5) is 16.9. The standard InChI is InChI=1S/C12H18F3N3OS/c1-3-4-5-18(7-12(13,14)15)11(19)9-6-20-10(17-9)8(2)16/h6,8H,3-5,7,16H2,1-2H3. The number of carbonyl (C=O) groups excluding carboxylic acids is 1. The fourth-order valence-corrected chi connectivity index (χ4v) is 2.33. The molecule has 1 atom stereocenters. The predicted molar refractivity (Wildman–Crippen MR) is 71.6 cm³/mol. The lowest BCUT2D eigenvalue weighted by atomic mass is 10.3. The lowest BCUT2D eigenvalue weighted by molar-refractivity contribution is -0.140. The summed E-state index contributed by atoms with van der Waals surface area (Å²) in [6.07, 6.45) is -3.18. The van der Waals surface area contributed by atoms with Gasteiger partial charge in [0, 0.05) is 11.9 Å². The summed E-state index contributed by atoms with van der Waals surface area (Å²) in [5, 5.41) is 1.99. The molecule has 0 aliphatic rings. The number of carbonyl (C=O) groups is 1. The van der Waals surface area contributed by atoms with E-state index in [0.29, 0.717) is 17.8 Å². The van der Waals surface area contributed by atoms with Crippen LogP contribution in [0, 0.1) is 0 Å². The number of hydrogen-bond acceptors (Lipinski definition) is 4. The Hall–Kier alpha value is -1.15. The van der Waals surface area contributed by atoms with Crippen LogP contribution in [0.2, 0.25) is 0 Å². The first-order chi connectivity index (χ1) is 9.24. The molecule has 1 unspecified atom stereocenters. The van der Waals surface area contributed by atoms with Gasteiger partial charge in [0.1, 0.15) is 17.2 Å². The Balaban J connectivity index is 2.85. The number of unbranched alkanes of at least 4 members (excludes halogenated alkanes) is 1. The fraction of sp³-hybridized carbons (Fsp3) is 0.667. The van der Waals surface area contributed by atoms with Crippen molar-refractivity contribution in [3.63, 3.8) is 0 Å². The molecule has 0 fully saturated rings. The first kappa shape index (κ1) is 16.9. The van der Waals surface area contributed by atoms with Crippen molar-refractivity contribution in [1.82, 2.24) is 9.88 Å². The monoisotopic (exact) mass is 309 g/mol. The average Bonchev–Trinajstić information content (AvgIpc) is 2.81. The second kappa shape index (κ2) is 7.03. The Kier molecular flexibility index (Phi) is 5.94. The Morgan fingerprint density at radius 1 is 1.55 bits per heavy atom. The first-order valence-corrected chi connectivity index (χ1v) is 7.19. The van der Waals surface area contributed by atoms with Crippen LogP contribution in [-0.2, 0) is 0 Å². The molecule has 8 heteroatoms. The number of halogens is 3. The van der Waals surface area contributed by atoms with Gasteiger partial charge in [-0.05, 0) is 13.3 Å². The van der Waals surface area contributed by atoms with Gasteiger partial charge in [0.25, 0.3) is 5.91 Å². The van der Waals surface area contributed by atoms with Gasteiger partial charge in [0.2, 0.25) is 0 Å². The highest BCUT2D eigenvalue weighted by Crippen LogP contribution is 2.21. The van der Waals surface area contributed by atoms with E-state index in [1.165, 1.54) is 16.7 Å². The number of nitrogens with two attached hydrogens (primary N) is 1. The quantitative estimate of drug-likeness (QED) is 0.879. The summed E-state index contributed by atoms with van der Waals surface area (Å²) in [7, 11) is 0.